The Hall–Kier alpha value is -3.09. The third kappa shape index (κ3) is 2.64. The van der Waals surface area contributed by atoms with E-state index >= 15 is 0 Å². The molecular weight excluding hydrogens is 308 g/mol. The fourth-order valence-corrected chi connectivity index (χ4v) is 2.75. The van der Waals surface area contributed by atoms with Crippen LogP contribution in [0.15, 0.2) is 51.5 Å². The van der Waals surface area contributed by atoms with E-state index in [2.05, 4.69) is 20.4 Å². The number of benzene rings is 1. The lowest BCUT2D eigenvalue weighted by Crippen LogP contribution is -2.30. The first kappa shape index (κ1) is 14.5. The fourth-order valence-electron chi connectivity index (χ4n) is 2.75. The molecule has 24 heavy (non-hydrogen) atoms. The molecule has 1 aliphatic rings. The van der Waals surface area contributed by atoms with E-state index < -0.39 is 0 Å². The van der Waals surface area contributed by atoms with E-state index in [1.165, 1.54) is 0 Å². The standard InChI is InChI=1S/C17H16N4O3/c1-11-9-21(13-6-3-2-5-12(13)18-16(11)22)10-15-19-20-17(24-15)14-7-4-8-23-14/h2-8,11H,9-10H2,1H3,(H,18,22). The molecule has 1 aromatic carbocycles. The van der Waals surface area contributed by atoms with Crippen LogP contribution in [0.3, 0.4) is 0 Å². The Morgan fingerprint density at radius 1 is 1.25 bits per heavy atom. The monoisotopic (exact) mass is 324 g/mol. The average Bonchev–Trinajstić information content (AvgIpc) is 3.23. The number of fused-ring (bicyclic) bond motifs is 1. The number of carbonyl (C=O) groups excluding carboxylic acids is 1. The number of amides is 1. The minimum atomic E-state index is -0.148. The summed E-state index contributed by atoms with van der Waals surface area (Å²) in [5.41, 5.74) is 1.73. The summed E-state index contributed by atoms with van der Waals surface area (Å²) in [5.74, 6) is 1.21. The van der Waals surface area contributed by atoms with E-state index in [1.807, 2.05) is 31.2 Å². The molecule has 0 aliphatic carbocycles. The number of anilines is 2. The van der Waals surface area contributed by atoms with Crippen molar-refractivity contribution in [3.63, 3.8) is 0 Å². The van der Waals surface area contributed by atoms with E-state index in [0.717, 1.165) is 11.4 Å². The number of nitrogens with zero attached hydrogens (tertiary/aromatic N) is 3. The average molecular weight is 324 g/mol. The predicted molar refractivity (Wildman–Crippen MR) is 87.3 cm³/mol. The number of hydrogen-bond acceptors (Lipinski definition) is 6. The zero-order valence-corrected chi connectivity index (χ0v) is 13.1. The normalized spacial score (nSPS) is 17.3. The van der Waals surface area contributed by atoms with E-state index in [-0.39, 0.29) is 11.8 Å². The SMILES string of the molecule is CC1CN(Cc2nnc(-c3ccco3)o2)c2ccccc2NC1=O. The van der Waals surface area contributed by atoms with Gasteiger partial charge in [-0.05, 0) is 24.3 Å². The van der Waals surface area contributed by atoms with Gasteiger partial charge in [0.15, 0.2) is 5.76 Å². The number of para-hydroxylation sites is 2. The Morgan fingerprint density at radius 3 is 2.96 bits per heavy atom. The summed E-state index contributed by atoms with van der Waals surface area (Å²) in [6.07, 6.45) is 1.56. The van der Waals surface area contributed by atoms with Crippen LogP contribution < -0.4 is 10.2 Å². The molecule has 1 unspecified atom stereocenters. The molecule has 2 aromatic heterocycles. The number of aromatic nitrogens is 2. The van der Waals surface area contributed by atoms with E-state index in [1.54, 1.807) is 18.4 Å². The van der Waals surface area contributed by atoms with Gasteiger partial charge in [0, 0.05) is 6.54 Å². The Balaban J connectivity index is 1.62. The number of carbonyl (C=O) groups is 1. The molecular formula is C17H16N4O3. The van der Waals surface area contributed by atoms with Crippen molar-refractivity contribution in [1.82, 2.24) is 10.2 Å². The largest absolute Gasteiger partial charge is 0.459 e. The van der Waals surface area contributed by atoms with Gasteiger partial charge in [0.2, 0.25) is 11.8 Å². The van der Waals surface area contributed by atoms with Crippen molar-refractivity contribution in [2.24, 2.45) is 5.92 Å². The maximum Gasteiger partial charge on any atom is 0.283 e. The Morgan fingerprint density at radius 2 is 2.12 bits per heavy atom. The number of nitrogens with one attached hydrogen (secondary N) is 1. The van der Waals surface area contributed by atoms with Crippen molar-refractivity contribution in [3.8, 4) is 11.7 Å². The molecule has 0 fully saturated rings. The first-order valence-corrected chi connectivity index (χ1v) is 7.72. The summed E-state index contributed by atoms with van der Waals surface area (Å²) in [4.78, 5) is 14.2. The molecule has 1 N–H and O–H groups in total. The quantitative estimate of drug-likeness (QED) is 0.797. The zero-order chi connectivity index (χ0) is 16.5. The van der Waals surface area contributed by atoms with Gasteiger partial charge in [-0.3, -0.25) is 4.79 Å². The first-order chi connectivity index (χ1) is 11.7. The second-order valence-corrected chi connectivity index (χ2v) is 5.77. The molecule has 0 saturated heterocycles. The molecule has 3 heterocycles. The summed E-state index contributed by atoms with van der Waals surface area (Å²) < 4.78 is 11.0. The second kappa shape index (κ2) is 5.84. The maximum atomic E-state index is 12.1. The lowest BCUT2D eigenvalue weighted by Gasteiger charge is -2.23. The Kier molecular flexibility index (Phi) is 3.53. The molecule has 1 amide bonds. The highest BCUT2D eigenvalue weighted by molar-refractivity contribution is 5.97. The first-order valence-electron chi connectivity index (χ1n) is 7.72. The Labute approximate surface area is 138 Å². The summed E-state index contributed by atoms with van der Waals surface area (Å²) in [6.45, 7) is 2.89. The van der Waals surface area contributed by atoms with Gasteiger partial charge in [0.1, 0.15) is 0 Å². The predicted octanol–water partition coefficient (Wildman–Crippen LogP) is 2.92. The van der Waals surface area contributed by atoms with E-state index in [9.17, 15) is 4.79 Å². The minimum absolute atomic E-state index is 0.00625. The van der Waals surface area contributed by atoms with Gasteiger partial charge in [-0.25, -0.2) is 0 Å². The zero-order valence-electron chi connectivity index (χ0n) is 13.1. The van der Waals surface area contributed by atoms with Gasteiger partial charge in [0.25, 0.3) is 5.89 Å². The summed E-state index contributed by atoms with van der Waals surface area (Å²) in [6, 6.07) is 11.2. The van der Waals surface area contributed by atoms with Crippen LogP contribution >= 0.6 is 0 Å². The second-order valence-electron chi connectivity index (χ2n) is 5.77. The lowest BCUT2D eigenvalue weighted by molar-refractivity contribution is -0.119. The molecule has 7 heteroatoms. The van der Waals surface area contributed by atoms with Crippen molar-refractivity contribution in [2.75, 3.05) is 16.8 Å². The third-order valence-electron chi connectivity index (χ3n) is 3.97. The van der Waals surface area contributed by atoms with Crippen molar-refractivity contribution >= 4 is 17.3 Å². The maximum absolute atomic E-state index is 12.1. The number of furan rings is 1. The highest BCUT2D eigenvalue weighted by Gasteiger charge is 2.26. The van der Waals surface area contributed by atoms with Crippen molar-refractivity contribution in [1.29, 1.82) is 0 Å². The van der Waals surface area contributed by atoms with Crippen LogP contribution in [0.25, 0.3) is 11.7 Å². The lowest BCUT2D eigenvalue weighted by atomic mass is 10.1. The number of hydrogen-bond donors (Lipinski definition) is 1. The van der Waals surface area contributed by atoms with Crippen LogP contribution in [-0.2, 0) is 11.3 Å². The molecule has 4 rings (SSSR count). The van der Waals surface area contributed by atoms with Crippen LogP contribution in [0.2, 0.25) is 0 Å². The molecule has 0 spiro atoms. The highest BCUT2D eigenvalue weighted by atomic mass is 16.4. The van der Waals surface area contributed by atoms with Crippen molar-refractivity contribution < 1.29 is 13.6 Å². The summed E-state index contributed by atoms with van der Waals surface area (Å²) >= 11 is 0. The molecule has 0 saturated carbocycles. The molecule has 0 radical (unpaired) electrons. The topological polar surface area (TPSA) is 84.4 Å². The molecule has 3 aromatic rings. The van der Waals surface area contributed by atoms with E-state index in [0.29, 0.717) is 30.6 Å². The van der Waals surface area contributed by atoms with Gasteiger partial charge >= 0.3 is 0 Å². The van der Waals surface area contributed by atoms with Crippen molar-refractivity contribution in [3.05, 3.63) is 48.6 Å². The van der Waals surface area contributed by atoms with Crippen LogP contribution in [0.1, 0.15) is 12.8 Å². The molecule has 0 bridgehead atoms. The highest BCUT2D eigenvalue weighted by Crippen LogP contribution is 2.31. The van der Waals surface area contributed by atoms with Gasteiger partial charge in [-0.2, -0.15) is 0 Å². The summed E-state index contributed by atoms with van der Waals surface area (Å²) in [7, 11) is 0. The van der Waals surface area contributed by atoms with Crippen LogP contribution in [0.5, 0.6) is 0 Å². The van der Waals surface area contributed by atoms with Gasteiger partial charge in [-0.1, -0.05) is 19.1 Å². The molecule has 1 atom stereocenters. The molecule has 122 valence electrons. The minimum Gasteiger partial charge on any atom is -0.459 e. The fraction of sp³-hybridized carbons (Fsp3) is 0.235. The number of rotatable bonds is 3. The Bertz CT molecular complexity index is 856. The van der Waals surface area contributed by atoms with Gasteiger partial charge in [-0.15, -0.1) is 10.2 Å². The smallest absolute Gasteiger partial charge is 0.283 e. The van der Waals surface area contributed by atoms with Gasteiger partial charge in [0.05, 0.1) is 30.1 Å². The van der Waals surface area contributed by atoms with Crippen molar-refractivity contribution in [2.45, 2.75) is 13.5 Å². The summed E-state index contributed by atoms with van der Waals surface area (Å²) in [5, 5.41) is 11.1. The van der Waals surface area contributed by atoms with Crippen LogP contribution in [0.4, 0.5) is 11.4 Å². The van der Waals surface area contributed by atoms with E-state index in [4.69, 9.17) is 8.83 Å². The van der Waals surface area contributed by atoms with Crippen LogP contribution in [-0.4, -0.2) is 22.6 Å². The molecule has 7 nitrogen and oxygen atoms in total. The van der Waals surface area contributed by atoms with Crippen LogP contribution in [0, 0.1) is 5.92 Å². The van der Waals surface area contributed by atoms with Gasteiger partial charge < -0.3 is 19.1 Å². The third-order valence-corrected chi connectivity index (χ3v) is 3.97. The molecule has 1 aliphatic heterocycles.